The van der Waals surface area contributed by atoms with Crippen molar-refractivity contribution in [2.45, 2.75) is 18.6 Å². The van der Waals surface area contributed by atoms with Crippen molar-refractivity contribution in [1.82, 2.24) is 0 Å². The molecule has 1 aliphatic heterocycles. The van der Waals surface area contributed by atoms with Crippen LogP contribution in [0, 0.1) is 11.6 Å². The second-order valence-corrected chi connectivity index (χ2v) is 5.66. The lowest BCUT2D eigenvalue weighted by atomic mass is 9.93. The zero-order chi connectivity index (χ0) is 14.3. The Balaban J connectivity index is 1.94. The molecule has 1 aliphatic rings. The van der Waals surface area contributed by atoms with Gasteiger partial charge in [-0.15, -0.1) is 0 Å². The maximum atomic E-state index is 13.3. The molecule has 0 fully saturated rings. The molecular weight excluding hydrogens is 328 g/mol. The van der Waals surface area contributed by atoms with Crippen molar-refractivity contribution in [2.24, 2.45) is 5.73 Å². The van der Waals surface area contributed by atoms with Crippen molar-refractivity contribution >= 4 is 15.9 Å². The first-order valence-electron chi connectivity index (χ1n) is 6.21. The first-order valence-corrected chi connectivity index (χ1v) is 7.00. The maximum absolute atomic E-state index is 13.3. The summed E-state index contributed by atoms with van der Waals surface area (Å²) in [6.45, 7) is 0. The first-order chi connectivity index (χ1) is 9.54. The number of halogens is 3. The largest absolute Gasteiger partial charge is 0.485 e. The molecule has 104 valence electrons. The van der Waals surface area contributed by atoms with Gasteiger partial charge in [-0.05, 0) is 51.8 Å². The predicted molar refractivity (Wildman–Crippen MR) is 75.4 cm³/mol. The van der Waals surface area contributed by atoms with Gasteiger partial charge in [-0.2, -0.15) is 0 Å². The van der Waals surface area contributed by atoms with Crippen LogP contribution in [0.15, 0.2) is 40.9 Å². The van der Waals surface area contributed by atoms with Gasteiger partial charge in [-0.1, -0.05) is 6.07 Å². The van der Waals surface area contributed by atoms with Gasteiger partial charge in [-0.3, -0.25) is 0 Å². The number of hydrogen-bond acceptors (Lipinski definition) is 2. The van der Waals surface area contributed by atoms with Gasteiger partial charge in [0, 0.05) is 18.0 Å². The number of nitrogens with two attached hydrogens (primary N) is 1. The quantitative estimate of drug-likeness (QED) is 0.842. The predicted octanol–water partition coefficient (Wildman–Crippen LogP) is 4.25. The van der Waals surface area contributed by atoms with Crippen molar-refractivity contribution in [2.75, 3.05) is 0 Å². The number of ether oxygens (including phenoxy) is 1. The first kappa shape index (κ1) is 13.5. The Morgan fingerprint density at radius 3 is 2.70 bits per heavy atom. The minimum absolute atomic E-state index is 0.264. The van der Waals surface area contributed by atoms with E-state index in [1.165, 1.54) is 18.2 Å². The number of rotatable bonds is 1. The van der Waals surface area contributed by atoms with Crippen LogP contribution in [0.25, 0.3) is 0 Å². The third-order valence-corrected chi connectivity index (χ3v) is 4.03. The minimum atomic E-state index is -0.328. The normalized spacial score (nSPS) is 21.2. The molecule has 2 aromatic rings. The van der Waals surface area contributed by atoms with Gasteiger partial charge in [-0.25, -0.2) is 8.78 Å². The fourth-order valence-corrected chi connectivity index (χ4v) is 2.79. The van der Waals surface area contributed by atoms with E-state index in [-0.39, 0.29) is 23.8 Å². The lowest BCUT2D eigenvalue weighted by Gasteiger charge is -2.30. The van der Waals surface area contributed by atoms with Crippen LogP contribution in [0.1, 0.15) is 29.7 Å². The Hall–Kier alpha value is -1.46. The molecule has 2 nitrogen and oxygen atoms in total. The molecule has 1 heterocycles. The van der Waals surface area contributed by atoms with Crippen LogP contribution >= 0.6 is 15.9 Å². The van der Waals surface area contributed by atoms with Crippen LogP contribution < -0.4 is 10.5 Å². The summed E-state index contributed by atoms with van der Waals surface area (Å²) < 4.78 is 32.7. The van der Waals surface area contributed by atoms with E-state index in [0.29, 0.717) is 22.2 Å². The third kappa shape index (κ3) is 2.43. The van der Waals surface area contributed by atoms with E-state index >= 15 is 0 Å². The molecule has 3 rings (SSSR count). The van der Waals surface area contributed by atoms with Gasteiger partial charge >= 0.3 is 0 Å². The van der Waals surface area contributed by atoms with Crippen molar-refractivity contribution in [3.8, 4) is 5.75 Å². The van der Waals surface area contributed by atoms with Crippen LogP contribution in [-0.4, -0.2) is 0 Å². The summed E-state index contributed by atoms with van der Waals surface area (Å²) in [6.07, 6.45) is 0.258. The standard InChI is InChI=1S/C15H12BrF2NO/c16-11-5-8(1-3-12(11)18)15-7-13(19)10-6-9(17)2-4-14(10)20-15/h1-6,13,15H,7,19H2. The molecule has 0 spiro atoms. The summed E-state index contributed by atoms with van der Waals surface area (Å²) in [4.78, 5) is 0. The zero-order valence-electron chi connectivity index (χ0n) is 10.4. The van der Waals surface area contributed by atoms with Crippen LogP contribution in [0.4, 0.5) is 8.78 Å². The summed E-state index contributed by atoms with van der Waals surface area (Å²) in [5, 5.41) is 0. The summed E-state index contributed by atoms with van der Waals surface area (Å²) in [5.74, 6) is -0.0716. The smallest absolute Gasteiger partial charge is 0.137 e. The van der Waals surface area contributed by atoms with Crippen molar-refractivity contribution in [3.05, 3.63) is 63.6 Å². The molecule has 2 unspecified atom stereocenters. The lowest BCUT2D eigenvalue weighted by Crippen LogP contribution is -2.24. The van der Waals surface area contributed by atoms with E-state index in [4.69, 9.17) is 10.5 Å². The summed E-state index contributed by atoms with van der Waals surface area (Å²) in [6, 6.07) is 8.76. The van der Waals surface area contributed by atoms with Crippen molar-refractivity contribution in [3.63, 3.8) is 0 Å². The van der Waals surface area contributed by atoms with Gasteiger partial charge in [0.15, 0.2) is 0 Å². The van der Waals surface area contributed by atoms with Gasteiger partial charge < -0.3 is 10.5 Å². The summed E-state index contributed by atoms with van der Waals surface area (Å²) >= 11 is 3.16. The number of fused-ring (bicyclic) bond motifs is 1. The molecule has 2 atom stereocenters. The SMILES string of the molecule is NC1CC(c2ccc(F)c(Br)c2)Oc2ccc(F)cc21. The number of hydrogen-bond donors (Lipinski definition) is 1. The monoisotopic (exact) mass is 339 g/mol. The van der Waals surface area contributed by atoms with E-state index in [2.05, 4.69) is 15.9 Å². The summed E-state index contributed by atoms with van der Waals surface area (Å²) in [5.41, 5.74) is 7.58. The zero-order valence-corrected chi connectivity index (χ0v) is 12.0. The van der Waals surface area contributed by atoms with Crippen LogP contribution in [0.3, 0.4) is 0 Å². The lowest BCUT2D eigenvalue weighted by molar-refractivity contribution is 0.161. The molecule has 2 aromatic carbocycles. The van der Waals surface area contributed by atoms with Gasteiger partial charge in [0.05, 0.1) is 4.47 Å². The van der Waals surface area contributed by atoms with E-state index in [0.717, 1.165) is 5.56 Å². The maximum Gasteiger partial charge on any atom is 0.137 e. The highest BCUT2D eigenvalue weighted by Crippen LogP contribution is 2.40. The highest BCUT2D eigenvalue weighted by molar-refractivity contribution is 9.10. The Labute approximate surface area is 123 Å². The average Bonchev–Trinajstić information content (AvgIpc) is 2.42. The van der Waals surface area contributed by atoms with E-state index in [9.17, 15) is 8.78 Å². The highest BCUT2D eigenvalue weighted by atomic mass is 79.9. The molecule has 0 radical (unpaired) electrons. The fraction of sp³-hybridized carbons (Fsp3) is 0.200. The van der Waals surface area contributed by atoms with E-state index in [1.54, 1.807) is 18.2 Å². The van der Waals surface area contributed by atoms with E-state index < -0.39 is 0 Å². The molecule has 0 aromatic heterocycles. The van der Waals surface area contributed by atoms with Crippen LogP contribution in [0.2, 0.25) is 0 Å². The van der Waals surface area contributed by atoms with Crippen molar-refractivity contribution < 1.29 is 13.5 Å². The molecule has 2 N–H and O–H groups in total. The highest BCUT2D eigenvalue weighted by Gasteiger charge is 2.27. The molecule has 0 bridgehead atoms. The number of benzene rings is 2. The molecule has 5 heteroatoms. The molecular formula is C15H12BrF2NO. The second-order valence-electron chi connectivity index (χ2n) is 4.80. The average molecular weight is 340 g/mol. The Bertz CT molecular complexity index is 662. The van der Waals surface area contributed by atoms with Gasteiger partial charge in [0.25, 0.3) is 0 Å². The Morgan fingerprint density at radius 2 is 1.95 bits per heavy atom. The van der Waals surface area contributed by atoms with Crippen molar-refractivity contribution in [1.29, 1.82) is 0 Å². The second kappa shape index (κ2) is 5.14. The molecule has 0 aliphatic carbocycles. The van der Waals surface area contributed by atoms with Gasteiger partial charge in [0.1, 0.15) is 23.5 Å². The van der Waals surface area contributed by atoms with Crippen LogP contribution in [-0.2, 0) is 0 Å². The Kier molecular flexibility index (Phi) is 3.48. The third-order valence-electron chi connectivity index (χ3n) is 3.42. The molecule has 0 amide bonds. The molecule has 0 saturated carbocycles. The Morgan fingerprint density at radius 1 is 1.15 bits per heavy atom. The molecule has 20 heavy (non-hydrogen) atoms. The van der Waals surface area contributed by atoms with Crippen LogP contribution in [0.5, 0.6) is 5.75 Å². The fourth-order valence-electron chi connectivity index (χ4n) is 2.39. The molecule has 0 saturated heterocycles. The minimum Gasteiger partial charge on any atom is -0.485 e. The topological polar surface area (TPSA) is 35.2 Å². The van der Waals surface area contributed by atoms with Gasteiger partial charge in [0.2, 0.25) is 0 Å². The van der Waals surface area contributed by atoms with E-state index in [1.807, 2.05) is 0 Å². The summed E-state index contributed by atoms with van der Waals surface area (Å²) in [7, 11) is 0.